The molecule has 0 aliphatic heterocycles. The summed E-state index contributed by atoms with van der Waals surface area (Å²) < 4.78 is 18.6. The van der Waals surface area contributed by atoms with Crippen LogP contribution in [0.2, 0.25) is 0 Å². The monoisotopic (exact) mass is 387 g/mol. The molecular weight excluding hydrogens is 361 g/mol. The molecule has 0 heterocycles. The normalized spacial score (nSPS) is 22.0. The van der Waals surface area contributed by atoms with Crippen LogP contribution in [0.4, 0.5) is 4.39 Å². The van der Waals surface area contributed by atoms with Gasteiger partial charge in [0, 0.05) is 18.7 Å². The number of ether oxygens (including phenoxy) is 1. The van der Waals surface area contributed by atoms with Crippen LogP contribution in [0.15, 0.2) is 48.5 Å². The fourth-order valence-corrected chi connectivity index (χ4v) is 3.44. The Balaban J connectivity index is 1.38. The van der Waals surface area contributed by atoms with E-state index in [9.17, 15) is 19.4 Å². The van der Waals surface area contributed by atoms with E-state index in [1.165, 1.54) is 24.3 Å². The van der Waals surface area contributed by atoms with Crippen LogP contribution in [-0.2, 0) is 11.3 Å². The minimum atomic E-state index is -0.903. The second-order valence-electron chi connectivity index (χ2n) is 7.54. The summed E-state index contributed by atoms with van der Waals surface area (Å²) in [5, 5.41) is 22.8. The van der Waals surface area contributed by atoms with Crippen LogP contribution in [0.5, 0.6) is 5.75 Å². The zero-order valence-corrected chi connectivity index (χ0v) is 15.7. The maximum Gasteiger partial charge on any atom is 0.251 e. The van der Waals surface area contributed by atoms with Gasteiger partial charge in [-0.05, 0) is 73.6 Å². The number of rotatable bonds is 7. The van der Waals surface area contributed by atoms with E-state index in [2.05, 4.69) is 5.32 Å². The molecule has 0 radical (unpaired) electrons. The maximum absolute atomic E-state index is 12.9. The number of amides is 1. The average molecular weight is 387 g/mol. The van der Waals surface area contributed by atoms with Crippen molar-refractivity contribution >= 4 is 5.91 Å². The second kappa shape index (κ2) is 9.17. The van der Waals surface area contributed by atoms with Crippen LogP contribution in [0.3, 0.4) is 0 Å². The van der Waals surface area contributed by atoms with Crippen LogP contribution in [-0.4, -0.2) is 34.9 Å². The standard InChI is InChI=1S/C22H26FNO4/c23-19-5-1-16(2-6-19)13-28-14-17-9-11-22(27,12-10-17)15-24-21(26)18-3-7-20(25)8-4-18/h1-8,17,25,27H,9-15H2,(H,24,26)/t17-,22+. The summed E-state index contributed by atoms with van der Waals surface area (Å²) >= 11 is 0. The van der Waals surface area contributed by atoms with Crippen molar-refractivity contribution in [2.75, 3.05) is 13.2 Å². The Bertz CT molecular complexity index is 768. The number of phenolic OH excluding ortho intramolecular Hbond substituents is 1. The van der Waals surface area contributed by atoms with E-state index < -0.39 is 5.60 Å². The Kier molecular flexibility index (Phi) is 6.65. The molecule has 3 N–H and O–H groups in total. The van der Waals surface area contributed by atoms with Gasteiger partial charge in [0.1, 0.15) is 11.6 Å². The Hall–Kier alpha value is -2.44. The first-order valence-electron chi connectivity index (χ1n) is 9.55. The highest BCUT2D eigenvalue weighted by atomic mass is 19.1. The van der Waals surface area contributed by atoms with Crippen molar-refractivity contribution in [1.29, 1.82) is 0 Å². The molecule has 1 aliphatic carbocycles. The van der Waals surface area contributed by atoms with Crippen LogP contribution in [0.1, 0.15) is 41.6 Å². The van der Waals surface area contributed by atoms with Crippen LogP contribution in [0, 0.1) is 11.7 Å². The number of halogens is 1. The predicted octanol–water partition coefficient (Wildman–Crippen LogP) is 3.40. The molecule has 2 aromatic rings. The number of carbonyl (C=O) groups excluding carboxylic acids is 1. The van der Waals surface area contributed by atoms with Gasteiger partial charge in [-0.2, -0.15) is 0 Å². The Morgan fingerprint density at radius 2 is 1.75 bits per heavy atom. The summed E-state index contributed by atoms with van der Waals surface area (Å²) in [6, 6.07) is 12.3. The van der Waals surface area contributed by atoms with Crippen molar-refractivity contribution in [3.05, 3.63) is 65.5 Å². The zero-order valence-electron chi connectivity index (χ0n) is 15.7. The van der Waals surface area contributed by atoms with E-state index >= 15 is 0 Å². The van der Waals surface area contributed by atoms with Crippen molar-refractivity contribution in [2.45, 2.75) is 37.9 Å². The quantitative estimate of drug-likeness (QED) is 0.680. The number of phenols is 1. The fourth-order valence-electron chi connectivity index (χ4n) is 3.44. The molecule has 5 nitrogen and oxygen atoms in total. The molecule has 0 spiro atoms. The largest absolute Gasteiger partial charge is 0.508 e. The third kappa shape index (κ3) is 5.78. The van der Waals surface area contributed by atoms with Gasteiger partial charge in [0.25, 0.3) is 5.91 Å². The number of hydrogen-bond acceptors (Lipinski definition) is 4. The van der Waals surface area contributed by atoms with Crippen LogP contribution < -0.4 is 5.32 Å². The molecule has 0 saturated heterocycles. The van der Waals surface area contributed by atoms with Crippen molar-refractivity contribution in [2.24, 2.45) is 5.92 Å². The van der Waals surface area contributed by atoms with Crippen LogP contribution >= 0.6 is 0 Å². The van der Waals surface area contributed by atoms with Gasteiger partial charge in [-0.15, -0.1) is 0 Å². The Morgan fingerprint density at radius 1 is 1.11 bits per heavy atom. The number of benzene rings is 2. The van der Waals surface area contributed by atoms with Crippen molar-refractivity contribution in [3.63, 3.8) is 0 Å². The molecule has 1 aliphatic rings. The lowest BCUT2D eigenvalue weighted by atomic mass is 9.79. The molecule has 0 aromatic heterocycles. The molecule has 28 heavy (non-hydrogen) atoms. The summed E-state index contributed by atoms with van der Waals surface area (Å²) in [6.07, 6.45) is 2.87. The van der Waals surface area contributed by atoms with Crippen molar-refractivity contribution in [1.82, 2.24) is 5.32 Å². The summed E-state index contributed by atoms with van der Waals surface area (Å²) in [6.45, 7) is 1.26. The van der Waals surface area contributed by atoms with Crippen LogP contribution in [0.25, 0.3) is 0 Å². The number of aromatic hydroxyl groups is 1. The summed E-state index contributed by atoms with van der Waals surface area (Å²) in [7, 11) is 0. The van der Waals surface area contributed by atoms with Gasteiger partial charge in [-0.25, -0.2) is 4.39 Å². The zero-order chi connectivity index (χ0) is 20.0. The lowest BCUT2D eigenvalue weighted by Crippen LogP contribution is -2.45. The molecule has 2 aromatic carbocycles. The molecule has 1 saturated carbocycles. The molecule has 0 bridgehead atoms. The first kappa shape index (κ1) is 20.3. The third-order valence-corrected chi connectivity index (χ3v) is 5.28. The summed E-state index contributed by atoms with van der Waals surface area (Å²) in [5.41, 5.74) is 0.481. The Morgan fingerprint density at radius 3 is 2.39 bits per heavy atom. The first-order chi connectivity index (χ1) is 13.4. The molecule has 1 fully saturated rings. The third-order valence-electron chi connectivity index (χ3n) is 5.28. The summed E-state index contributed by atoms with van der Waals surface area (Å²) in [5.74, 6) is -0.0466. The smallest absolute Gasteiger partial charge is 0.251 e. The van der Waals surface area contributed by atoms with Gasteiger partial charge in [-0.3, -0.25) is 4.79 Å². The lowest BCUT2D eigenvalue weighted by Gasteiger charge is -2.36. The molecule has 3 rings (SSSR count). The molecule has 6 heteroatoms. The van der Waals surface area contributed by atoms with Gasteiger partial charge in [0.2, 0.25) is 0 Å². The second-order valence-corrected chi connectivity index (χ2v) is 7.54. The van der Waals surface area contributed by atoms with E-state index in [0.29, 0.717) is 37.5 Å². The molecular formula is C22H26FNO4. The van der Waals surface area contributed by atoms with Gasteiger partial charge < -0.3 is 20.3 Å². The fraction of sp³-hybridized carbons (Fsp3) is 0.409. The van der Waals surface area contributed by atoms with E-state index in [1.807, 2.05) is 0 Å². The number of carbonyl (C=O) groups is 1. The number of nitrogens with one attached hydrogen (secondary N) is 1. The van der Waals surface area contributed by atoms with E-state index in [0.717, 1.165) is 18.4 Å². The van der Waals surface area contributed by atoms with Gasteiger partial charge >= 0.3 is 0 Å². The minimum Gasteiger partial charge on any atom is -0.508 e. The Labute approximate surface area is 164 Å². The van der Waals surface area contributed by atoms with Crippen molar-refractivity contribution < 1.29 is 24.1 Å². The molecule has 1 amide bonds. The molecule has 0 unspecified atom stereocenters. The molecule has 0 atom stereocenters. The van der Waals surface area contributed by atoms with Gasteiger partial charge in [0.05, 0.1) is 12.2 Å². The maximum atomic E-state index is 12.9. The summed E-state index contributed by atoms with van der Waals surface area (Å²) in [4.78, 5) is 12.2. The van der Waals surface area contributed by atoms with E-state index in [-0.39, 0.29) is 24.0 Å². The number of hydrogen-bond donors (Lipinski definition) is 3. The number of aliphatic hydroxyl groups is 1. The highest BCUT2D eigenvalue weighted by molar-refractivity contribution is 5.94. The highest BCUT2D eigenvalue weighted by Crippen LogP contribution is 2.32. The SMILES string of the molecule is O=C(NC[C@]1(O)CC[C@@H](COCc2ccc(F)cc2)CC1)c1ccc(O)cc1. The predicted molar refractivity (Wildman–Crippen MR) is 103 cm³/mol. The first-order valence-corrected chi connectivity index (χ1v) is 9.55. The van der Waals surface area contributed by atoms with Gasteiger partial charge in [-0.1, -0.05) is 12.1 Å². The molecule has 150 valence electrons. The van der Waals surface area contributed by atoms with E-state index in [1.54, 1.807) is 24.3 Å². The lowest BCUT2D eigenvalue weighted by molar-refractivity contribution is -0.0238. The van der Waals surface area contributed by atoms with E-state index in [4.69, 9.17) is 4.74 Å². The van der Waals surface area contributed by atoms with Crippen molar-refractivity contribution in [3.8, 4) is 5.75 Å². The topological polar surface area (TPSA) is 78.8 Å². The average Bonchev–Trinajstić information content (AvgIpc) is 2.70. The minimum absolute atomic E-state index is 0.107. The van der Waals surface area contributed by atoms with Gasteiger partial charge in [0.15, 0.2) is 0 Å². The highest BCUT2D eigenvalue weighted by Gasteiger charge is 2.33.